The Labute approximate surface area is 112 Å². The third-order valence-electron chi connectivity index (χ3n) is 2.85. The zero-order valence-electron chi connectivity index (χ0n) is 8.90. The van der Waals surface area contributed by atoms with Crippen molar-refractivity contribution in [2.75, 3.05) is 13.1 Å². The average molecular weight is 314 g/mol. The van der Waals surface area contributed by atoms with Gasteiger partial charge in [-0.1, -0.05) is 32.7 Å². The second-order valence-electron chi connectivity index (χ2n) is 4.02. The molecule has 1 saturated heterocycles. The van der Waals surface area contributed by atoms with Crippen LogP contribution in [0.2, 0.25) is 5.02 Å². The summed E-state index contributed by atoms with van der Waals surface area (Å²) in [6, 6.07) is 6.07. The molecule has 3 rings (SSSR count). The number of benzene rings is 1. The quantitative estimate of drug-likeness (QED) is 0.926. The molecule has 6 heteroatoms. The Balaban J connectivity index is 1.97. The molecule has 0 bridgehead atoms. The third kappa shape index (κ3) is 2.10. The van der Waals surface area contributed by atoms with Gasteiger partial charge in [0, 0.05) is 28.1 Å². The lowest BCUT2D eigenvalue weighted by molar-refractivity contribution is 0.313. The van der Waals surface area contributed by atoms with Gasteiger partial charge in [0.15, 0.2) is 0 Å². The molecule has 0 unspecified atom stereocenters. The number of aromatic nitrogens is 3. The van der Waals surface area contributed by atoms with Gasteiger partial charge < -0.3 is 5.32 Å². The van der Waals surface area contributed by atoms with Crippen LogP contribution in [0, 0.1) is 0 Å². The highest BCUT2D eigenvalue weighted by atomic mass is 79.9. The number of hydrogen-bond donors (Lipinski definition) is 1. The van der Waals surface area contributed by atoms with Crippen LogP contribution in [0.4, 0.5) is 0 Å². The van der Waals surface area contributed by atoms with Gasteiger partial charge in [-0.05, 0) is 18.2 Å². The maximum atomic E-state index is 5.99. The Bertz CT molecular complexity index is 550. The first-order valence-electron chi connectivity index (χ1n) is 5.32. The van der Waals surface area contributed by atoms with Gasteiger partial charge in [0.1, 0.15) is 5.69 Å². The van der Waals surface area contributed by atoms with E-state index in [1.165, 1.54) is 0 Å². The number of halogens is 2. The van der Waals surface area contributed by atoms with E-state index in [-0.39, 0.29) is 0 Å². The molecule has 17 heavy (non-hydrogen) atoms. The molecule has 0 radical (unpaired) electrons. The molecule has 88 valence electrons. The van der Waals surface area contributed by atoms with Crippen LogP contribution < -0.4 is 5.32 Å². The molecule has 0 spiro atoms. The van der Waals surface area contributed by atoms with Crippen molar-refractivity contribution in [2.24, 2.45) is 0 Å². The number of hydrogen-bond acceptors (Lipinski definition) is 3. The van der Waals surface area contributed by atoms with Crippen LogP contribution in [0.25, 0.3) is 11.3 Å². The van der Waals surface area contributed by atoms with Crippen molar-refractivity contribution < 1.29 is 0 Å². The highest BCUT2D eigenvalue weighted by Gasteiger charge is 2.20. The Morgan fingerprint density at radius 3 is 2.94 bits per heavy atom. The van der Waals surface area contributed by atoms with E-state index in [1.54, 1.807) is 0 Å². The zero-order valence-corrected chi connectivity index (χ0v) is 11.2. The topological polar surface area (TPSA) is 42.7 Å². The normalized spacial score (nSPS) is 15.9. The second kappa shape index (κ2) is 4.40. The Morgan fingerprint density at radius 1 is 1.41 bits per heavy atom. The van der Waals surface area contributed by atoms with Crippen LogP contribution in [0.15, 0.2) is 28.9 Å². The van der Waals surface area contributed by atoms with E-state index in [9.17, 15) is 0 Å². The first kappa shape index (κ1) is 11.2. The molecular formula is C11H10BrClN4. The van der Waals surface area contributed by atoms with Gasteiger partial charge in [-0.3, -0.25) is 0 Å². The Kier molecular flexibility index (Phi) is 2.90. The lowest BCUT2D eigenvalue weighted by atomic mass is 10.1. The molecule has 1 aromatic carbocycles. The lowest BCUT2D eigenvalue weighted by Crippen LogP contribution is -2.43. The van der Waals surface area contributed by atoms with Crippen molar-refractivity contribution in [3.05, 3.63) is 33.9 Å². The van der Waals surface area contributed by atoms with Crippen molar-refractivity contribution in [3.8, 4) is 11.3 Å². The fourth-order valence-corrected chi connectivity index (χ4v) is 2.35. The molecule has 1 aliphatic heterocycles. The van der Waals surface area contributed by atoms with E-state index in [2.05, 4.69) is 31.6 Å². The number of nitrogens with zero attached hydrogens (tertiary/aromatic N) is 3. The van der Waals surface area contributed by atoms with Crippen molar-refractivity contribution in [1.82, 2.24) is 20.3 Å². The van der Waals surface area contributed by atoms with Crippen molar-refractivity contribution >= 4 is 27.5 Å². The van der Waals surface area contributed by atoms with E-state index >= 15 is 0 Å². The third-order valence-corrected chi connectivity index (χ3v) is 3.78. The van der Waals surface area contributed by atoms with Gasteiger partial charge in [-0.2, -0.15) is 0 Å². The fourth-order valence-electron chi connectivity index (χ4n) is 1.73. The van der Waals surface area contributed by atoms with Gasteiger partial charge >= 0.3 is 0 Å². The van der Waals surface area contributed by atoms with Crippen molar-refractivity contribution in [1.29, 1.82) is 0 Å². The van der Waals surface area contributed by atoms with Gasteiger partial charge in [0.25, 0.3) is 0 Å². The first-order valence-corrected chi connectivity index (χ1v) is 6.49. The lowest BCUT2D eigenvalue weighted by Gasteiger charge is -2.26. The molecule has 0 aliphatic carbocycles. The smallest absolute Gasteiger partial charge is 0.114 e. The van der Waals surface area contributed by atoms with Crippen LogP contribution in [0.1, 0.15) is 6.04 Å². The van der Waals surface area contributed by atoms with Gasteiger partial charge in [0.2, 0.25) is 0 Å². The fraction of sp³-hybridized carbons (Fsp3) is 0.273. The van der Waals surface area contributed by atoms with Crippen LogP contribution >= 0.6 is 27.5 Å². The number of nitrogens with one attached hydrogen (secondary N) is 1. The highest BCUT2D eigenvalue weighted by molar-refractivity contribution is 9.10. The summed E-state index contributed by atoms with van der Waals surface area (Å²) in [5.41, 5.74) is 1.81. The molecule has 1 aliphatic rings. The summed E-state index contributed by atoms with van der Waals surface area (Å²) in [5, 5.41) is 12.2. The van der Waals surface area contributed by atoms with Crippen LogP contribution in [0.5, 0.6) is 0 Å². The van der Waals surface area contributed by atoms with E-state index in [1.807, 2.05) is 29.1 Å². The van der Waals surface area contributed by atoms with Crippen molar-refractivity contribution in [2.45, 2.75) is 6.04 Å². The predicted octanol–water partition coefficient (Wildman–Crippen LogP) is 2.51. The molecule has 0 saturated carbocycles. The van der Waals surface area contributed by atoms with Gasteiger partial charge in [-0.25, -0.2) is 4.68 Å². The van der Waals surface area contributed by atoms with E-state index in [0.717, 1.165) is 28.8 Å². The van der Waals surface area contributed by atoms with Crippen LogP contribution in [-0.2, 0) is 0 Å². The zero-order chi connectivity index (χ0) is 11.8. The minimum Gasteiger partial charge on any atom is -0.312 e. The maximum absolute atomic E-state index is 5.99. The minimum absolute atomic E-state index is 0.425. The second-order valence-corrected chi connectivity index (χ2v) is 5.31. The van der Waals surface area contributed by atoms with E-state index in [0.29, 0.717) is 11.1 Å². The highest BCUT2D eigenvalue weighted by Crippen LogP contribution is 2.29. The molecule has 4 nitrogen and oxygen atoms in total. The Hall–Kier alpha value is -0.910. The molecule has 1 aromatic heterocycles. The van der Waals surface area contributed by atoms with E-state index in [4.69, 9.17) is 11.6 Å². The summed E-state index contributed by atoms with van der Waals surface area (Å²) in [7, 11) is 0. The van der Waals surface area contributed by atoms with Gasteiger partial charge in [0.05, 0.1) is 12.2 Å². The average Bonchev–Trinajstić information content (AvgIpc) is 2.68. The summed E-state index contributed by atoms with van der Waals surface area (Å²) in [6.07, 6.45) is 1.96. The first-order chi connectivity index (χ1) is 8.24. The molecule has 0 atom stereocenters. The predicted molar refractivity (Wildman–Crippen MR) is 70.1 cm³/mol. The molecular weight excluding hydrogens is 304 g/mol. The van der Waals surface area contributed by atoms with Crippen LogP contribution in [-0.4, -0.2) is 28.1 Å². The Morgan fingerprint density at radius 2 is 2.24 bits per heavy atom. The summed E-state index contributed by atoms with van der Waals surface area (Å²) >= 11 is 9.49. The summed E-state index contributed by atoms with van der Waals surface area (Å²) in [6.45, 7) is 1.92. The number of rotatable bonds is 2. The maximum Gasteiger partial charge on any atom is 0.114 e. The molecule has 1 fully saturated rings. The van der Waals surface area contributed by atoms with Crippen LogP contribution in [0.3, 0.4) is 0 Å². The minimum atomic E-state index is 0.425. The molecule has 2 aromatic rings. The monoisotopic (exact) mass is 312 g/mol. The summed E-state index contributed by atoms with van der Waals surface area (Å²) in [5.74, 6) is 0. The molecule has 0 amide bonds. The van der Waals surface area contributed by atoms with E-state index < -0.39 is 0 Å². The van der Waals surface area contributed by atoms with Crippen molar-refractivity contribution in [3.63, 3.8) is 0 Å². The summed E-state index contributed by atoms with van der Waals surface area (Å²) < 4.78 is 2.87. The molecule has 2 heterocycles. The van der Waals surface area contributed by atoms with Gasteiger partial charge in [-0.15, -0.1) is 5.10 Å². The standard InChI is InChI=1S/C11H10BrClN4/c12-10-2-1-7(13)3-9(10)11-6-17(16-15-11)8-4-14-5-8/h1-3,6,8,14H,4-5H2. The molecule has 1 N–H and O–H groups in total. The largest absolute Gasteiger partial charge is 0.312 e. The SMILES string of the molecule is Clc1ccc(Br)c(-c2cn(C3CNC3)nn2)c1. The summed E-state index contributed by atoms with van der Waals surface area (Å²) in [4.78, 5) is 0.